The van der Waals surface area contributed by atoms with Crippen LogP contribution in [0, 0.1) is 0 Å². The number of halogens is 3. The molecule has 0 unspecified atom stereocenters. The molecule has 0 amide bonds. The van der Waals surface area contributed by atoms with Gasteiger partial charge in [0.05, 0.1) is 0 Å². The largest absolute Gasteiger partial charge is 0.478 e. The molecule has 0 aliphatic rings. The third-order valence-corrected chi connectivity index (χ3v) is 2.57. The number of benzene rings is 1. The van der Waals surface area contributed by atoms with E-state index in [-0.39, 0.29) is 5.57 Å². The van der Waals surface area contributed by atoms with Crippen LogP contribution in [0.4, 0.5) is 8.78 Å². The van der Waals surface area contributed by atoms with Crippen molar-refractivity contribution in [1.29, 1.82) is 0 Å². The minimum atomic E-state index is -3.04. The molecular formula is C11H9BrF2O3. The maximum absolute atomic E-state index is 11.9. The Morgan fingerprint density at radius 1 is 1.47 bits per heavy atom. The van der Waals surface area contributed by atoms with Crippen LogP contribution in [0.25, 0.3) is 5.57 Å². The number of carboxylic acids is 1. The molecule has 0 aliphatic carbocycles. The molecule has 6 heteroatoms. The van der Waals surface area contributed by atoms with E-state index in [1.54, 1.807) is 18.2 Å². The van der Waals surface area contributed by atoms with Gasteiger partial charge in [0.15, 0.2) is 0 Å². The van der Waals surface area contributed by atoms with Gasteiger partial charge in [0.2, 0.25) is 0 Å². The zero-order valence-electron chi connectivity index (χ0n) is 8.57. The van der Waals surface area contributed by atoms with E-state index < -0.39 is 12.6 Å². The lowest BCUT2D eigenvalue weighted by molar-refractivity contribution is -0.130. The minimum Gasteiger partial charge on any atom is -0.478 e. The summed E-state index contributed by atoms with van der Waals surface area (Å²) in [5.74, 6) is -1.32. The summed E-state index contributed by atoms with van der Waals surface area (Å²) < 4.78 is 27.7. The van der Waals surface area contributed by atoms with E-state index in [1.807, 2.05) is 0 Å². The highest BCUT2D eigenvalue weighted by molar-refractivity contribution is 9.08. The number of carboxylic acid groups (broad SMARTS) is 1. The van der Waals surface area contributed by atoms with Crippen LogP contribution >= 0.6 is 15.9 Å². The van der Waals surface area contributed by atoms with Gasteiger partial charge in [-0.05, 0) is 11.1 Å². The third-order valence-electron chi connectivity index (χ3n) is 1.97. The van der Waals surface area contributed by atoms with Crippen LogP contribution in [0.1, 0.15) is 11.1 Å². The molecular weight excluding hydrogens is 298 g/mol. The number of ether oxygens (including phenoxy) is 1. The SMILES string of the molecule is O=C(O)/C(=C\OC(F)F)c1ccccc1CBr. The second-order valence-electron chi connectivity index (χ2n) is 3.02. The lowest BCUT2D eigenvalue weighted by Gasteiger charge is -2.08. The molecule has 0 atom stereocenters. The highest BCUT2D eigenvalue weighted by atomic mass is 79.9. The molecule has 0 saturated carbocycles. The average molecular weight is 307 g/mol. The molecule has 0 bridgehead atoms. The Morgan fingerprint density at radius 3 is 2.65 bits per heavy atom. The summed E-state index contributed by atoms with van der Waals surface area (Å²) in [7, 11) is 0. The van der Waals surface area contributed by atoms with Gasteiger partial charge in [-0.2, -0.15) is 8.78 Å². The first-order valence-electron chi connectivity index (χ1n) is 4.57. The Bertz CT molecular complexity index is 432. The number of aliphatic carboxylic acids is 1. The third kappa shape index (κ3) is 3.81. The van der Waals surface area contributed by atoms with Crippen molar-refractivity contribution in [3.05, 3.63) is 41.7 Å². The van der Waals surface area contributed by atoms with Gasteiger partial charge in [-0.15, -0.1) is 0 Å². The molecule has 1 N–H and O–H groups in total. The number of rotatable bonds is 5. The summed E-state index contributed by atoms with van der Waals surface area (Å²) in [6.45, 7) is -3.04. The standard InChI is InChI=1S/C11H9BrF2O3/c12-5-7-3-1-2-4-8(7)9(10(15)16)6-17-11(13)14/h1-4,6,11H,5H2,(H,15,16)/b9-6-. The van der Waals surface area contributed by atoms with Crippen LogP contribution in [0.2, 0.25) is 0 Å². The van der Waals surface area contributed by atoms with E-state index in [9.17, 15) is 13.6 Å². The quantitative estimate of drug-likeness (QED) is 0.516. The van der Waals surface area contributed by atoms with Crippen LogP contribution < -0.4 is 0 Å². The molecule has 0 fully saturated rings. The van der Waals surface area contributed by atoms with Crippen molar-refractivity contribution < 1.29 is 23.4 Å². The fourth-order valence-electron chi connectivity index (χ4n) is 1.25. The summed E-state index contributed by atoms with van der Waals surface area (Å²) in [5, 5.41) is 9.37. The second-order valence-corrected chi connectivity index (χ2v) is 3.58. The summed E-state index contributed by atoms with van der Waals surface area (Å²) in [4.78, 5) is 11.0. The van der Waals surface area contributed by atoms with E-state index >= 15 is 0 Å². The molecule has 0 spiro atoms. The Balaban J connectivity index is 3.14. The van der Waals surface area contributed by atoms with Crippen LogP contribution in [0.3, 0.4) is 0 Å². The predicted octanol–water partition coefficient (Wildman–Crippen LogP) is 3.25. The molecule has 17 heavy (non-hydrogen) atoms. The molecule has 0 aliphatic heterocycles. The Labute approximate surface area is 105 Å². The first-order valence-corrected chi connectivity index (χ1v) is 5.69. The van der Waals surface area contributed by atoms with Crippen molar-refractivity contribution in [1.82, 2.24) is 0 Å². The number of hydrogen-bond acceptors (Lipinski definition) is 2. The van der Waals surface area contributed by atoms with Gasteiger partial charge < -0.3 is 9.84 Å². The van der Waals surface area contributed by atoms with Gasteiger partial charge >= 0.3 is 12.6 Å². The Hall–Kier alpha value is -1.43. The maximum Gasteiger partial charge on any atom is 0.386 e. The van der Waals surface area contributed by atoms with E-state index in [1.165, 1.54) is 6.07 Å². The lowest BCUT2D eigenvalue weighted by Crippen LogP contribution is -2.04. The topological polar surface area (TPSA) is 46.5 Å². The van der Waals surface area contributed by atoms with E-state index in [0.29, 0.717) is 22.7 Å². The molecule has 1 aromatic carbocycles. The fraction of sp³-hybridized carbons (Fsp3) is 0.182. The van der Waals surface area contributed by atoms with Crippen molar-refractivity contribution in [3.8, 4) is 0 Å². The van der Waals surface area contributed by atoms with Gasteiger partial charge in [0.25, 0.3) is 0 Å². The van der Waals surface area contributed by atoms with Crippen LogP contribution in [-0.2, 0) is 14.9 Å². The van der Waals surface area contributed by atoms with E-state index in [4.69, 9.17) is 5.11 Å². The van der Waals surface area contributed by atoms with Gasteiger partial charge in [-0.25, -0.2) is 4.79 Å². The Morgan fingerprint density at radius 2 is 2.12 bits per heavy atom. The highest BCUT2D eigenvalue weighted by Gasteiger charge is 2.15. The predicted molar refractivity (Wildman–Crippen MR) is 61.8 cm³/mol. The van der Waals surface area contributed by atoms with Crippen molar-refractivity contribution in [2.24, 2.45) is 0 Å². The monoisotopic (exact) mass is 306 g/mol. The van der Waals surface area contributed by atoms with E-state index in [0.717, 1.165) is 0 Å². The smallest absolute Gasteiger partial charge is 0.386 e. The molecule has 92 valence electrons. The highest BCUT2D eigenvalue weighted by Crippen LogP contribution is 2.22. The maximum atomic E-state index is 11.9. The van der Waals surface area contributed by atoms with E-state index in [2.05, 4.69) is 20.7 Å². The first-order chi connectivity index (χ1) is 8.06. The van der Waals surface area contributed by atoms with Crippen LogP contribution in [0.15, 0.2) is 30.5 Å². The summed E-state index contributed by atoms with van der Waals surface area (Å²) in [6.07, 6.45) is 0.564. The van der Waals surface area contributed by atoms with Crippen molar-refractivity contribution in [2.75, 3.05) is 0 Å². The van der Waals surface area contributed by atoms with Gasteiger partial charge in [-0.1, -0.05) is 40.2 Å². The van der Waals surface area contributed by atoms with Crippen molar-refractivity contribution in [3.63, 3.8) is 0 Å². The normalized spacial score (nSPS) is 11.6. The van der Waals surface area contributed by atoms with Crippen LogP contribution in [0.5, 0.6) is 0 Å². The fourth-order valence-corrected chi connectivity index (χ4v) is 1.74. The molecule has 0 heterocycles. The second kappa shape index (κ2) is 6.34. The number of carbonyl (C=O) groups is 1. The molecule has 1 aromatic rings. The molecule has 0 radical (unpaired) electrons. The molecule has 0 aromatic heterocycles. The average Bonchev–Trinajstić information content (AvgIpc) is 2.29. The molecule has 3 nitrogen and oxygen atoms in total. The van der Waals surface area contributed by atoms with Crippen molar-refractivity contribution >= 4 is 27.5 Å². The van der Waals surface area contributed by atoms with Gasteiger partial charge in [0.1, 0.15) is 11.8 Å². The lowest BCUT2D eigenvalue weighted by atomic mass is 10.0. The molecule has 1 rings (SSSR count). The first kappa shape index (κ1) is 13.6. The van der Waals surface area contributed by atoms with Crippen molar-refractivity contribution in [2.45, 2.75) is 11.9 Å². The number of hydrogen-bond donors (Lipinski definition) is 1. The zero-order chi connectivity index (χ0) is 12.8. The zero-order valence-corrected chi connectivity index (χ0v) is 10.2. The number of alkyl halides is 3. The molecule has 0 saturated heterocycles. The Kier molecular flexibility index (Phi) is 5.09. The summed E-state index contributed by atoms with van der Waals surface area (Å²) >= 11 is 3.20. The van der Waals surface area contributed by atoms with Crippen LogP contribution in [-0.4, -0.2) is 17.7 Å². The summed E-state index contributed by atoms with van der Waals surface area (Å²) in [6, 6.07) is 6.59. The van der Waals surface area contributed by atoms with Gasteiger partial charge in [-0.3, -0.25) is 0 Å². The minimum absolute atomic E-state index is 0.305. The summed E-state index contributed by atoms with van der Waals surface area (Å²) in [5.41, 5.74) is 0.719. The van der Waals surface area contributed by atoms with Gasteiger partial charge in [0, 0.05) is 5.33 Å².